The van der Waals surface area contributed by atoms with Crippen LogP contribution >= 0.6 is 6.72 Å². The summed E-state index contributed by atoms with van der Waals surface area (Å²) in [6, 6.07) is 35.4. The number of fused-ring (bicyclic) bond motifs is 1. The number of aliphatic hydroxyl groups is 1. The fourth-order valence-corrected chi connectivity index (χ4v) is 10.9. The molecular formula is C51H51N8O12PS. The molecule has 3 N–H and O–H groups in total. The van der Waals surface area contributed by atoms with Crippen molar-refractivity contribution < 1.29 is 47.2 Å². The molecule has 1 unspecified atom stereocenters. The molecule has 4 aromatic carbocycles. The van der Waals surface area contributed by atoms with Gasteiger partial charge in [0, 0.05) is 30.2 Å². The standard InChI is InChI=1S/C51H51N8O12PS/c1-32-27-58(50(63)57-48(32)61)44-26-40(42(70-44)28-66-51(34-13-8-5-9-14-34,35-15-19-37(64-2)20-16-35)36-17-21-38(65-3)22-18-36)71-72(73,67-24-10-23-52)68-29-41-39(60)25-43(69-41)59-31-55-45-46(53-30-54-47(45)59)56-49(62)33-11-6-4-7-12-33/h4-9,11-22,27,30-31,39-44,60H,10,24-26,28-29H2,1-3H3,(H,57,61,63)(H,53,54,56,62)/t39-,40-,41+,42+,43+,44+,72?/m0/s1. The predicted molar refractivity (Wildman–Crippen MR) is 268 cm³/mol. The smallest absolute Gasteiger partial charge is 0.330 e. The zero-order chi connectivity index (χ0) is 51.1. The van der Waals surface area contributed by atoms with Crippen LogP contribution in [0, 0.1) is 18.3 Å². The Bertz CT molecular complexity index is 3200. The van der Waals surface area contributed by atoms with Crippen LogP contribution in [0.25, 0.3) is 11.2 Å². The summed E-state index contributed by atoms with van der Waals surface area (Å²) < 4.78 is 53.4. The Hall–Kier alpha value is -6.96. The first-order chi connectivity index (χ1) is 35.4. The Kier molecular flexibility index (Phi) is 15.7. The van der Waals surface area contributed by atoms with E-state index in [1.54, 1.807) is 50.0 Å². The summed E-state index contributed by atoms with van der Waals surface area (Å²) in [4.78, 5) is 54.3. The minimum absolute atomic E-state index is 0.0141. The molecule has 9 rings (SSSR count). The van der Waals surface area contributed by atoms with E-state index in [0.717, 1.165) is 16.7 Å². The number of ether oxygens (including phenoxy) is 5. The van der Waals surface area contributed by atoms with Gasteiger partial charge < -0.3 is 47.7 Å². The topological polar surface area (TPSA) is 245 Å². The number of aliphatic hydroxyl groups excluding tert-OH is 1. The molecule has 22 heteroatoms. The molecule has 2 aliphatic rings. The zero-order valence-electron chi connectivity index (χ0n) is 39.8. The average molecular weight is 1030 g/mol. The van der Waals surface area contributed by atoms with Crippen LogP contribution in [0.3, 0.4) is 0 Å². The number of rotatable bonds is 20. The van der Waals surface area contributed by atoms with Crippen molar-refractivity contribution in [3.05, 3.63) is 177 Å². The summed E-state index contributed by atoms with van der Waals surface area (Å²) in [5.41, 5.74) is 1.10. The van der Waals surface area contributed by atoms with Gasteiger partial charge in [-0.1, -0.05) is 72.8 Å². The lowest BCUT2D eigenvalue weighted by molar-refractivity contribution is -0.0941. The van der Waals surface area contributed by atoms with E-state index in [0.29, 0.717) is 28.2 Å². The number of anilines is 1. The molecule has 0 spiro atoms. The lowest BCUT2D eigenvalue weighted by Crippen LogP contribution is -2.38. The Morgan fingerprint density at radius 1 is 0.849 bits per heavy atom. The van der Waals surface area contributed by atoms with Crippen molar-refractivity contribution in [3.63, 3.8) is 0 Å². The van der Waals surface area contributed by atoms with E-state index < -0.39 is 60.4 Å². The number of H-pyrrole nitrogens is 1. The second-order valence-electron chi connectivity index (χ2n) is 17.1. The van der Waals surface area contributed by atoms with Crippen molar-refractivity contribution in [2.24, 2.45) is 0 Å². The average Bonchev–Trinajstić information content (AvgIpc) is 4.14. The van der Waals surface area contributed by atoms with E-state index in [2.05, 4.69) is 25.3 Å². The summed E-state index contributed by atoms with van der Waals surface area (Å²) >= 11 is 6.08. The molecule has 2 saturated heterocycles. The number of imidazole rings is 1. The number of aromatic amines is 1. The molecule has 1 amide bonds. The summed E-state index contributed by atoms with van der Waals surface area (Å²) in [5, 5.41) is 23.7. The number of benzene rings is 4. The van der Waals surface area contributed by atoms with Crippen molar-refractivity contribution in [2.75, 3.05) is 39.4 Å². The third kappa shape index (κ3) is 11.0. The summed E-state index contributed by atoms with van der Waals surface area (Å²) in [7, 11) is 3.17. The molecule has 3 aromatic heterocycles. The molecule has 0 aliphatic carbocycles. The molecule has 20 nitrogen and oxygen atoms in total. The minimum atomic E-state index is -3.88. The first-order valence-electron chi connectivity index (χ1n) is 23.2. The molecule has 2 fully saturated rings. The molecule has 5 heterocycles. The molecule has 0 bridgehead atoms. The van der Waals surface area contributed by atoms with E-state index in [1.165, 1.54) is 23.4 Å². The van der Waals surface area contributed by atoms with Crippen LogP contribution in [0.4, 0.5) is 5.82 Å². The highest BCUT2D eigenvalue weighted by atomic mass is 32.5. The largest absolute Gasteiger partial charge is 0.497 e. The number of nitrogens with zero attached hydrogens (tertiary/aromatic N) is 6. The van der Waals surface area contributed by atoms with Crippen molar-refractivity contribution >= 4 is 41.4 Å². The van der Waals surface area contributed by atoms with E-state index in [1.807, 2.05) is 91.0 Å². The Labute approximate surface area is 423 Å². The van der Waals surface area contributed by atoms with Gasteiger partial charge in [0.25, 0.3) is 11.5 Å². The van der Waals surface area contributed by atoms with Gasteiger partial charge in [0.15, 0.2) is 17.0 Å². The van der Waals surface area contributed by atoms with Gasteiger partial charge in [-0.3, -0.25) is 23.7 Å². The van der Waals surface area contributed by atoms with Gasteiger partial charge in [0.1, 0.15) is 48.1 Å². The second-order valence-corrected chi connectivity index (χ2v) is 20.0. The third-order valence-electron chi connectivity index (χ3n) is 12.5. The van der Waals surface area contributed by atoms with Crippen molar-refractivity contribution in [2.45, 2.75) is 68.7 Å². The number of aryl methyl sites for hydroxylation is 1. The van der Waals surface area contributed by atoms with E-state index >= 15 is 0 Å². The number of carbonyl (C=O) groups excluding carboxylic acids is 1. The monoisotopic (exact) mass is 1030 g/mol. The number of carbonyl (C=O) groups is 1. The summed E-state index contributed by atoms with van der Waals surface area (Å²) in [6.45, 7) is -2.93. The molecule has 7 aromatic rings. The SMILES string of the molecule is COc1ccc(C(OC[C@H]2O[C@@H](n3cc(C)c(=O)[nH]c3=O)C[C@@H]2OP(=S)(OCCC#N)OC[C@H]2O[C@@H](n3cnc4c(NC(=O)c5ccccc5)ncnc43)C[C@@H]2O)(c2ccccc2)c2ccc(OC)cc2)cc1. The highest BCUT2D eigenvalue weighted by Crippen LogP contribution is 2.54. The summed E-state index contributed by atoms with van der Waals surface area (Å²) in [6.07, 6.45) is -1.47. The molecule has 0 radical (unpaired) electrons. The molecule has 73 heavy (non-hydrogen) atoms. The number of nitriles is 1. The van der Waals surface area contributed by atoms with Crippen molar-refractivity contribution in [1.82, 2.24) is 29.1 Å². The van der Waals surface area contributed by atoms with Crippen molar-refractivity contribution in [3.8, 4) is 17.6 Å². The predicted octanol–water partition coefficient (Wildman–Crippen LogP) is 6.46. The number of hydrogen-bond donors (Lipinski definition) is 3. The molecule has 7 atom stereocenters. The van der Waals surface area contributed by atoms with E-state index in [9.17, 15) is 24.8 Å². The number of methoxy groups -OCH3 is 2. The first kappa shape index (κ1) is 51.0. The quantitative estimate of drug-likeness (QED) is 0.0421. The second kappa shape index (κ2) is 22.4. The maximum Gasteiger partial charge on any atom is 0.330 e. The lowest BCUT2D eigenvalue weighted by Gasteiger charge is -2.37. The summed E-state index contributed by atoms with van der Waals surface area (Å²) in [5.74, 6) is 1.08. The number of hydrogen-bond acceptors (Lipinski definition) is 17. The number of nitrogens with one attached hydrogen (secondary N) is 2. The van der Waals surface area contributed by atoms with Crippen LogP contribution in [-0.2, 0) is 45.2 Å². The molecule has 378 valence electrons. The Morgan fingerprint density at radius 2 is 1.48 bits per heavy atom. The fourth-order valence-electron chi connectivity index (χ4n) is 8.80. The van der Waals surface area contributed by atoms with E-state index in [4.69, 9.17) is 49.1 Å². The van der Waals surface area contributed by atoms with Gasteiger partial charge >= 0.3 is 12.4 Å². The number of amides is 1. The molecule has 2 aliphatic heterocycles. The van der Waals surface area contributed by atoms with Gasteiger partial charge in [-0.2, -0.15) is 5.26 Å². The molecule has 0 saturated carbocycles. The van der Waals surface area contributed by atoms with Crippen LogP contribution < -0.4 is 26.0 Å². The van der Waals surface area contributed by atoms with Crippen LogP contribution in [0.2, 0.25) is 0 Å². The minimum Gasteiger partial charge on any atom is -0.497 e. The zero-order valence-corrected chi connectivity index (χ0v) is 41.5. The van der Waals surface area contributed by atoms with Gasteiger partial charge in [-0.15, -0.1) is 0 Å². The van der Waals surface area contributed by atoms with Crippen LogP contribution in [0.15, 0.2) is 138 Å². The fraction of sp³-hybridized carbons (Fsp3) is 0.314. The van der Waals surface area contributed by atoms with Crippen LogP contribution in [0.5, 0.6) is 11.5 Å². The van der Waals surface area contributed by atoms with Gasteiger partial charge in [0.05, 0.1) is 65.1 Å². The van der Waals surface area contributed by atoms with Gasteiger partial charge in [-0.05, 0) is 71.8 Å². The molecular weight excluding hydrogens is 980 g/mol. The highest BCUT2D eigenvalue weighted by molar-refractivity contribution is 8.07. The Balaban J connectivity index is 0.998. The maximum atomic E-state index is 13.4. The maximum absolute atomic E-state index is 13.4. The van der Waals surface area contributed by atoms with Crippen LogP contribution in [0.1, 0.15) is 64.3 Å². The van der Waals surface area contributed by atoms with Crippen molar-refractivity contribution in [1.29, 1.82) is 5.26 Å². The van der Waals surface area contributed by atoms with Crippen LogP contribution in [-0.4, -0.2) is 98.5 Å². The highest BCUT2D eigenvalue weighted by Gasteiger charge is 2.46. The van der Waals surface area contributed by atoms with E-state index in [-0.39, 0.29) is 56.4 Å². The Morgan fingerprint density at radius 3 is 2.14 bits per heavy atom. The number of aromatic nitrogens is 6. The van der Waals surface area contributed by atoms with Gasteiger partial charge in [0.2, 0.25) is 0 Å². The third-order valence-corrected chi connectivity index (χ3v) is 14.9. The normalized spacial score (nSPS) is 20.6. The van der Waals surface area contributed by atoms with Gasteiger partial charge in [-0.25, -0.2) is 19.7 Å². The lowest BCUT2D eigenvalue weighted by atomic mass is 9.80. The first-order valence-corrected chi connectivity index (χ1v) is 25.8.